The Morgan fingerprint density at radius 2 is 1.47 bits per heavy atom. The molecule has 6 rings (SSSR count). The molecule has 3 aromatic carbocycles. The number of H-pyrrole nitrogens is 2. The number of fused-ring (bicyclic) bond motifs is 1. The maximum Gasteiger partial charge on any atom is 0.126 e. The molecule has 4 N–H and O–H groups in total. The predicted octanol–water partition coefficient (Wildman–Crippen LogP) is 8.38. The van der Waals surface area contributed by atoms with Crippen LogP contribution in [0.4, 0.5) is 0 Å². The molecule has 2 aromatic heterocycles. The predicted molar refractivity (Wildman–Crippen MR) is 216 cm³/mol. The third kappa shape index (κ3) is 9.54. The van der Waals surface area contributed by atoms with Crippen LogP contribution in [0.2, 0.25) is 0 Å². The summed E-state index contributed by atoms with van der Waals surface area (Å²) in [6.07, 6.45) is 9.05. The number of nitrogens with zero attached hydrogens (tertiary/aromatic N) is 4. The Balaban J connectivity index is 1.09. The summed E-state index contributed by atoms with van der Waals surface area (Å²) in [4.78, 5) is 21.2. The second kappa shape index (κ2) is 16.5. The summed E-state index contributed by atoms with van der Waals surface area (Å²) in [7, 11) is 0. The van der Waals surface area contributed by atoms with Gasteiger partial charge in [0.2, 0.25) is 0 Å². The van der Waals surface area contributed by atoms with Crippen LogP contribution in [0.25, 0.3) is 44.4 Å². The summed E-state index contributed by atoms with van der Waals surface area (Å²) in [5, 5.41) is 8.98. The zero-order chi connectivity index (χ0) is 35.8. The number of hydrogen-bond acceptors (Lipinski definition) is 7. The molecule has 0 atom stereocenters. The van der Waals surface area contributed by atoms with Gasteiger partial charge in [0.15, 0.2) is 0 Å². The number of rotatable bonds is 20. The van der Waals surface area contributed by atoms with E-state index in [2.05, 4.69) is 142 Å². The van der Waals surface area contributed by atoms with E-state index in [1.165, 1.54) is 34.7 Å². The highest BCUT2D eigenvalue weighted by Crippen LogP contribution is 2.46. The summed E-state index contributed by atoms with van der Waals surface area (Å²) < 4.78 is 0. The summed E-state index contributed by atoms with van der Waals surface area (Å²) in [5.41, 5.74) is 9.13. The van der Waals surface area contributed by atoms with Crippen molar-refractivity contribution in [2.24, 2.45) is 5.41 Å². The molecule has 1 fully saturated rings. The molecule has 1 aliphatic rings. The number of hydrogen-bond donors (Lipinski definition) is 5. The minimum atomic E-state index is 0.368. The highest BCUT2D eigenvalue weighted by Gasteiger charge is 2.39. The molecular weight excluding hydrogens is 649 g/mol. The molecule has 1 saturated carbocycles. The van der Waals surface area contributed by atoms with Gasteiger partial charge in [-0.05, 0) is 70.5 Å². The van der Waals surface area contributed by atoms with Gasteiger partial charge in [0.25, 0.3) is 0 Å². The summed E-state index contributed by atoms with van der Waals surface area (Å²) in [5.74, 6) is 2.70. The first-order valence-corrected chi connectivity index (χ1v) is 18.6. The topological polar surface area (TPSA) is 87.9 Å². The molecule has 0 radical (unpaired) electrons. The Bertz CT molecular complexity index is 1950. The number of allylic oxidation sites excluding steroid dienone is 1. The van der Waals surface area contributed by atoms with Gasteiger partial charge in [-0.3, -0.25) is 4.90 Å². The van der Waals surface area contributed by atoms with Gasteiger partial charge >= 0.3 is 0 Å². The van der Waals surface area contributed by atoms with E-state index in [0.29, 0.717) is 18.5 Å². The van der Waals surface area contributed by atoms with E-state index < -0.39 is 0 Å². The van der Waals surface area contributed by atoms with Crippen LogP contribution < -0.4 is 10.6 Å². The van der Waals surface area contributed by atoms with Crippen molar-refractivity contribution >= 4 is 23.4 Å². The van der Waals surface area contributed by atoms with Crippen molar-refractivity contribution in [3.8, 4) is 33.6 Å². The van der Waals surface area contributed by atoms with Crippen molar-refractivity contribution < 1.29 is 0 Å². The third-order valence-corrected chi connectivity index (χ3v) is 10.1. The molecule has 9 heteroatoms. The lowest BCUT2D eigenvalue weighted by Crippen LogP contribution is -2.33. The zero-order valence-corrected chi connectivity index (χ0v) is 31.0. The molecule has 266 valence electrons. The van der Waals surface area contributed by atoms with Gasteiger partial charge < -0.3 is 25.5 Å². The number of imidazole rings is 2. The monoisotopic (exact) mass is 700 g/mol. The van der Waals surface area contributed by atoms with Crippen LogP contribution >= 0.6 is 12.6 Å². The fraction of sp³-hybridized carbons (Fsp3) is 0.333. The standard InChI is InChI=1S/C42H52N8S/c1-6-30(3)44-18-19-49(20-21-51)27-40-45-25-38(47-40)33-10-8-32(9-11-33)34-12-13-36-23-37(15-14-35(36)22-34)39-26-46-41(48-39)28-50(29-42(5)16-17-42)31(4)24-43-7-2/h7-15,22-23,25-26,43-44,51H,2-4,6,16-21,24,27-29H2,1,5H3,(H,45,47)(H,46,48). The molecule has 0 unspecified atom stereocenters. The van der Waals surface area contributed by atoms with Crippen LogP contribution in [-0.2, 0) is 13.1 Å². The van der Waals surface area contributed by atoms with Crippen molar-refractivity contribution in [1.82, 2.24) is 40.4 Å². The van der Waals surface area contributed by atoms with Crippen molar-refractivity contribution in [2.75, 3.05) is 38.5 Å². The molecule has 0 spiro atoms. The Labute approximate surface area is 308 Å². The number of aromatic amines is 2. The lowest BCUT2D eigenvalue weighted by molar-refractivity contribution is 0.267. The van der Waals surface area contributed by atoms with E-state index in [-0.39, 0.29) is 0 Å². The summed E-state index contributed by atoms with van der Waals surface area (Å²) in [6, 6.07) is 22.0. The first-order valence-electron chi connectivity index (χ1n) is 18.0. The molecule has 0 saturated heterocycles. The molecule has 5 aromatic rings. The SMILES string of the molecule is C=CNCC(=C)N(Cc1ncc(-c2ccc3cc(-c4ccc(-c5cnc(CN(CCS)CCNC(=C)CC)[nH]5)cc4)ccc3c2)[nH]1)CC1(C)CC1. The Morgan fingerprint density at radius 1 is 0.863 bits per heavy atom. The lowest BCUT2D eigenvalue weighted by Gasteiger charge is -2.29. The van der Waals surface area contributed by atoms with E-state index in [1.807, 2.05) is 12.4 Å². The highest BCUT2D eigenvalue weighted by atomic mass is 32.1. The largest absolute Gasteiger partial charge is 0.388 e. The van der Waals surface area contributed by atoms with E-state index in [1.54, 1.807) is 6.20 Å². The second-order valence-electron chi connectivity index (χ2n) is 14.0. The molecule has 0 aliphatic heterocycles. The summed E-state index contributed by atoms with van der Waals surface area (Å²) >= 11 is 4.46. The fourth-order valence-corrected chi connectivity index (χ4v) is 6.63. The number of benzene rings is 3. The van der Waals surface area contributed by atoms with Gasteiger partial charge in [-0.25, -0.2) is 9.97 Å². The third-order valence-electron chi connectivity index (χ3n) is 9.87. The van der Waals surface area contributed by atoms with E-state index >= 15 is 0 Å². The highest BCUT2D eigenvalue weighted by molar-refractivity contribution is 7.80. The van der Waals surface area contributed by atoms with Crippen molar-refractivity contribution in [1.29, 1.82) is 0 Å². The van der Waals surface area contributed by atoms with Crippen LogP contribution in [0.15, 0.2) is 110 Å². The Morgan fingerprint density at radius 3 is 2.12 bits per heavy atom. The van der Waals surface area contributed by atoms with E-state index in [4.69, 9.17) is 4.98 Å². The van der Waals surface area contributed by atoms with Gasteiger partial charge in [0, 0.05) is 48.9 Å². The fourth-order valence-electron chi connectivity index (χ4n) is 6.35. The quantitative estimate of drug-likeness (QED) is 0.0525. The van der Waals surface area contributed by atoms with Crippen LogP contribution in [0.3, 0.4) is 0 Å². The molecular formula is C42H52N8S. The smallest absolute Gasteiger partial charge is 0.126 e. The van der Waals surface area contributed by atoms with Gasteiger partial charge in [-0.1, -0.05) is 82.1 Å². The minimum absolute atomic E-state index is 0.368. The summed E-state index contributed by atoms with van der Waals surface area (Å²) in [6.45, 7) is 22.4. The second-order valence-corrected chi connectivity index (χ2v) is 14.5. The normalized spacial score (nSPS) is 13.3. The van der Waals surface area contributed by atoms with Crippen LogP contribution in [-0.4, -0.2) is 68.2 Å². The average molecular weight is 701 g/mol. The first-order chi connectivity index (χ1) is 24.8. The van der Waals surface area contributed by atoms with Crippen molar-refractivity contribution in [3.05, 3.63) is 122 Å². The van der Waals surface area contributed by atoms with Crippen LogP contribution in [0, 0.1) is 5.41 Å². The Kier molecular flexibility index (Phi) is 11.7. The first kappa shape index (κ1) is 36.1. The number of nitrogens with one attached hydrogen (secondary N) is 4. The van der Waals surface area contributed by atoms with Crippen LogP contribution in [0.5, 0.6) is 0 Å². The van der Waals surface area contributed by atoms with E-state index in [9.17, 15) is 0 Å². The molecule has 51 heavy (non-hydrogen) atoms. The van der Waals surface area contributed by atoms with Gasteiger partial charge in [0.05, 0.1) is 43.4 Å². The molecule has 8 nitrogen and oxygen atoms in total. The van der Waals surface area contributed by atoms with Crippen LogP contribution in [0.1, 0.15) is 44.8 Å². The van der Waals surface area contributed by atoms with Crippen molar-refractivity contribution in [2.45, 2.75) is 46.2 Å². The van der Waals surface area contributed by atoms with Crippen molar-refractivity contribution in [3.63, 3.8) is 0 Å². The zero-order valence-electron chi connectivity index (χ0n) is 30.1. The average Bonchev–Trinajstić information content (AvgIpc) is 3.47. The maximum absolute atomic E-state index is 4.75. The lowest BCUT2D eigenvalue weighted by atomic mass is 9.98. The van der Waals surface area contributed by atoms with Gasteiger partial charge in [-0.2, -0.15) is 12.6 Å². The minimum Gasteiger partial charge on any atom is -0.388 e. The number of aromatic nitrogens is 4. The Hall–Kier alpha value is -4.73. The molecule has 0 bridgehead atoms. The van der Waals surface area contributed by atoms with Gasteiger partial charge in [-0.15, -0.1) is 0 Å². The number of thiol groups is 1. The molecule has 1 aliphatic carbocycles. The molecule has 2 heterocycles. The van der Waals surface area contributed by atoms with Gasteiger partial charge in [0.1, 0.15) is 11.6 Å². The molecule has 0 amide bonds. The maximum atomic E-state index is 4.75. The van der Waals surface area contributed by atoms with E-state index in [0.717, 1.165) is 90.5 Å².